The molecule has 0 atom stereocenters. The van der Waals surface area contributed by atoms with Crippen molar-refractivity contribution < 1.29 is 0 Å². The maximum atomic E-state index is 11.5. The average Bonchev–Trinajstić information content (AvgIpc) is 2.29. The Morgan fingerprint density at radius 1 is 1.41 bits per heavy atom. The van der Waals surface area contributed by atoms with Crippen molar-refractivity contribution in [1.29, 1.82) is 0 Å². The quantitative estimate of drug-likeness (QED) is 0.833. The number of nitrogens with zero attached hydrogens (tertiary/aromatic N) is 1. The van der Waals surface area contributed by atoms with Crippen LogP contribution in [0.25, 0.3) is 0 Å². The Kier molecular flexibility index (Phi) is 3.94. The third kappa shape index (κ3) is 3.40. The van der Waals surface area contributed by atoms with E-state index >= 15 is 0 Å². The molecule has 4 nitrogen and oxygen atoms in total. The van der Waals surface area contributed by atoms with Crippen LogP contribution in [0.5, 0.6) is 0 Å². The number of nitrogens with one attached hydrogen (secondary N) is 2. The number of rotatable bonds is 3. The van der Waals surface area contributed by atoms with Crippen LogP contribution < -0.4 is 10.9 Å². The van der Waals surface area contributed by atoms with Gasteiger partial charge in [-0.05, 0) is 38.3 Å². The van der Waals surface area contributed by atoms with Crippen LogP contribution in [0.15, 0.2) is 10.9 Å². The van der Waals surface area contributed by atoms with Gasteiger partial charge in [-0.25, -0.2) is 4.98 Å². The molecule has 0 saturated carbocycles. The molecular formula is C13H21N3O. The van der Waals surface area contributed by atoms with E-state index in [9.17, 15) is 4.79 Å². The summed E-state index contributed by atoms with van der Waals surface area (Å²) in [6.07, 6.45) is 3.31. The fourth-order valence-corrected chi connectivity index (χ4v) is 2.29. The third-order valence-corrected chi connectivity index (χ3v) is 3.32. The van der Waals surface area contributed by atoms with E-state index < -0.39 is 0 Å². The van der Waals surface area contributed by atoms with Crippen molar-refractivity contribution in [2.75, 3.05) is 13.1 Å². The summed E-state index contributed by atoms with van der Waals surface area (Å²) in [4.78, 5) is 18.9. The van der Waals surface area contributed by atoms with E-state index in [-0.39, 0.29) is 11.5 Å². The molecule has 1 aromatic heterocycles. The minimum atomic E-state index is -0.0207. The zero-order chi connectivity index (χ0) is 12.3. The van der Waals surface area contributed by atoms with E-state index in [1.54, 1.807) is 6.07 Å². The second-order valence-electron chi connectivity index (χ2n) is 5.17. The molecule has 94 valence electrons. The molecule has 17 heavy (non-hydrogen) atoms. The molecule has 1 aromatic rings. The van der Waals surface area contributed by atoms with Gasteiger partial charge in [-0.3, -0.25) is 4.79 Å². The predicted octanol–water partition coefficient (Wildman–Crippen LogP) is 1.44. The molecule has 1 aliphatic rings. The molecular weight excluding hydrogens is 214 g/mol. The molecule has 0 aromatic carbocycles. The lowest BCUT2D eigenvalue weighted by Gasteiger charge is -2.22. The molecule has 1 aliphatic heterocycles. The highest BCUT2D eigenvalue weighted by molar-refractivity contribution is 5.06. The lowest BCUT2D eigenvalue weighted by atomic mass is 9.93. The Morgan fingerprint density at radius 3 is 2.76 bits per heavy atom. The number of aromatic amines is 1. The number of H-pyrrole nitrogens is 1. The lowest BCUT2D eigenvalue weighted by Crippen LogP contribution is -2.29. The molecule has 2 heterocycles. The van der Waals surface area contributed by atoms with Crippen LogP contribution >= 0.6 is 0 Å². The fraction of sp³-hybridized carbons (Fsp3) is 0.692. The molecule has 2 N–H and O–H groups in total. The van der Waals surface area contributed by atoms with Crippen LogP contribution in [-0.2, 0) is 6.42 Å². The zero-order valence-corrected chi connectivity index (χ0v) is 10.6. The summed E-state index contributed by atoms with van der Waals surface area (Å²) in [5.74, 6) is 1.75. The van der Waals surface area contributed by atoms with Gasteiger partial charge in [0.05, 0.1) is 0 Å². The summed E-state index contributed by atoms with van der Waals surface area (Å²) >= 11 is 0. The summed E-state index contributed by atoms with van der Waals surface area (Å²) in [5.41, 5.74) is 0.928. The Hall–Kier alpha value is -1.16. The van der Waals surface area contributed by atoms with Gasteiger partial charge in [0, 0.05) is 17.7 Å². The number of piperidine rings is 1. The molecule has 0 bridgehead atoms. The second-order valence-corrected chi connectivity index (χ2v) is 5.17. The minimum absolute atomic E-state index is 0.0207. The SMILES string of the molecule is CC(C)c1nc(CC2CCNCC2)cc(=O)[nH]1. The van der Waals surface area contributed by atoms with Crippen LogP contribution in [0.1, 0.15) is 44.1 Å². The van der Waals surface area contributed by atoms with Crippen molar-refractivity contribution >= 4 is 0 Å². The first kappa shape index (κ1) is 12.3. The Morgan fingerprint density at radius 2 is 2.12 bits per heavy atom. The van der Waals surface area contributed by atoms with Gasteiger partial charge in [0.2, 0.25) is 0 Å². The van der Waals surface area contributed by atoms with Crippen LogP contribution in [0.4, 0.5) is 0 Å². The van der Waals surface area contributed by atoms with E-state index in [1.165, 1.54) is 12.8 Å². The van der Waals surface area contributed by atoms with Gasteiger partial charge in [0.15, 0.2) is 0 Å². The Bertz CT molecular complexity index is 419. The normalized spacial score (nSPS) is 17.6. The molecule has 4 heteroatoms. The van der Waals surface area contributed by atoms with Crippen molar-refractivity contribution in [1.82, 2.24) is 15.3 Å². The Labute approximate surface area is 102 Å². The summed E-state index contributed by atoms with van der Waals surface area (Å²) in [6, 6.07) is 1.65. The lowest BCUT2D eigenvalue weighted by molar-refractivity contribution is 0.369. The summed E-state index contributed by atoms with van der Waals surface area (Å²) in [6.45, 7) is 6.27. The first-order chi connectivity index (χ1) is 8.15. The number of hydrogen-bond donors (Lipinski definition) is 2. The topological polar surface area (TPSA) is 57.8 Å². The monoisotopic (exact) mass is 235 g/mol. The molecule has 1 saturated heterocycles. The number of aromatic nitrogens is 2. The van der Waals surface area contributed by atoms with Crippen molar-refractivity contribution in [2.45, 2.75) is 39.0 Å². The molecule has 1 fully saturated rings. The summed E-state index contributed by atoms with van der Waals surface area (Å²) in [5, 5.41) is 3.35. The molecule has 0 aliphatic carbocycles. The smallest absolute Gasteiger partial charge is 0.251 e. The molecule has 0 spiro atoms. The summed E-state index contributed by atoms with van der Waals surface area (Å²) < 4.78 is 0. The standard InChI is InChI=1S/C13H21N3O/c1-9(2)13-15-11(8-12(17)16-13)7-10-3-5-14-6-4-10/h8-10,14H,3-7H2,1-2H3,(H,15,16,17). The maximum absolute atomic E-state index is 11.5. The molecule has 0 radical (unpaired) electrons. The van der Waals surface area contributed by atoms with Gasteiger partial charge in [-0.15, -0.1) is 0 Å². The number of hydrogen-bond acceptors (Lipinski definition) is 3. The average molecular weight is 235 g/mol. The van der Waals surface area contributed by atoms with Crippen molar-refractivity contribution in [3.8, 4) is 0 Å². The highest BCUT2D eigenvalue weighted by Crippen LogP contribution is 2.17. The van der Waals surface area contributed by atoms with Crippen LogP contribution in [0.2, 0.25) is 0 Å². The highest BCUT2D eigenvalue weighted by Gasteiger charge is 2.15. The highest BCUT2D eigenvalue weighted by atomic mass is 16.1. The molecule has 2 rings (SSSR count). The van der Waals surface area contributed by atoms with E-state index in [0.29, 0.717) is 5.92 Å². The van der Waals surface area contributed by atoms with Gasteiger partial charge in [-0.2, -0.15) is 0 Å². The van der Waals surface area contributed by atoms with Crippen LogP contribution in [0.3, 0.4) is 0 Å². The predicted molar refractivity (Wildman–Crippen MR) is 68.2 cm³/mol. The van der Waals surface area contributed by atoms with Crippen molar-refractivity contribution in [2.24, 2.45) is 5.92 Å². The van der Waals surface area contributed by atoms with Crippen molar-refractivity contribution in [3.63, 3.8) is 0 Å². The maximum Gasteiger partial charge on any atom is 0.251 e. The Balaban J connectivity index is 2.11. The van der Waals surface area contributed by atoms with E-state index in [0.717, 1.165) is 31.0 Å². The molecule has 0 unspecified atom stereocenters. The van der Waals surface area contributed by atoms with Gasteiger partial charge in [0.25, 0.3) is 5.56 Å². The fourth-order valence-electron chi connectivity index (χ4n) is 2.29. The third-order valence-electron chi connectivity index (χ3n) is 3.32. The van der Waals surface area contributed by atoms with Gasteiger partial charge in [0.1, 0.15) is 5.82 Å². The zero-order valence-electron chi connectivity index (χ0n) is 10.6. The first-order valence-electron chi connectivity index (χ1n) is 6.46. The first-order valence-corrected chi connectivity index (χ1v) is 6.46. The largest absolute Gasteiger partial charge is 0.317 e. The second kappa shape index (κ2) is 5.45. The van der Waals surface area contributed by atoms with Crippen molar-refractivity contribution in [3.05, 3.63) is 27.9 Å². The van der Waals surface area contributed by atoms with E-state index in [4.69, 9.17) is 0 Å². The molecule has 0 amide bonds. The van der Waals surface area contributed by atoms with Crippen LogP contribution in [0, 0.1) is 5.92 Å². The van der Waals surface area contributed by atoms with Gasteiger partial charge in [-0.1, -0.05) is 13.8 Å². The van der Waals surface area contributed by atoms with E-state index in [2.05, 4.69) is 15.3 Å². The summed E-state index contributed by atoms with van der Waals surface area (Å²) in [7, 11) is 0. The minimum Gasteiger partial charge on any atom is -0.317 e. The van der Waals surface area contributed by atoms with Gasteiger partial charge < -0.3 is 10.3 Å². The van der Waals surface area contributed by atoms with E-state index in [1.807, 2.05) is 13.8 Å². The van der Waals surface area contributed by atoms with Crippen LogP contribution in [-0.4, -0.2) is 23.1 Å². The van der Waals surface area contributed by atoms with Gasteiger partial charge >= 0.3 is 0 Å².